The number of hydrogen-bond acceptors (Lipinski definition) is 0. The molecule has 38 heavy (non-hydrogen) atoms. The van der Waals surface area contributed by atoms with Crippen molar-refractivity contribution in [2.45, 2.75) is 122 Å². The molecule has 0 aliphatic heterocycles. The summed E-state index contributed by atoms with van der Waals surface area (Å²) in [6, 6.07) is 8.09. The second-order valence-electron chi connectivity index (χ2n) is 12.3. The summed E-state index contributed by atoms with van der Waals surface area (Å²) in [5.74, 6) is 1.47. The number of aryl methyl sites for hydroxylation is 2. The number of unbranched alkanes of at least 4 members (excludes halogenated alkanes) is 3. The summed E-state index contributed by atoms with van der Waals surface area (Å²) in [7, 11) is 0. The predicted molar refractivity (Wildman–Crippen MR) is 153 cm³/mol. The Labute approximate surface area is 233 Å². The Bertz CT molecular complexity index is 980. The lowest BCUT2D eigenvalue weighted by Gasteiger charge is -2.32. The lowest BCUT2D eigenvalue weighted by molar-refractivity contribution is 0.222. The van der Waals surface area contributed by atoms with Crippen molar-refractivity contribution in [2.75, 3.05) is 0 Å². The van der Waals surface area contributed by atoms with Gasteiger partial charge in [0.15, 0.2) is 0 Å². The van der Waals surface area contributed by atoms with Gasteiger partial charge >= 0.3 is 0 Å². The van der Waals surface area contributed by atoms with Crippen molar-refractivity contribution < 1.29 is 13.2 Å². The molecule has 2 aliphatic carbocycles. The smallest absolute Gasteiger partial charge is 0.145 e. The van der Waals surface area contributed by atoms with Gasteiger partial charge in [0.2, 0.25) is 0 Å². The minimum atomic E-state index is -0.770. The zero-order chi connectivity index (χ0) is 26.9. The topological polar surface area (TPSA) is 0 Å². The summed E-state index contributed by atoms with van der Waals surface area (Å²) in [6.45, 7) is 2.29. The van der Waals surface area contributed by atoms with Crippen molar-refractivity contribution in [2.24, 2.45) is 17.8 Å². The van der Waals surface area contributed by atoms with Gasteiger partial charge in [-0.2, -0.15) is 0 Å². The largest absolute Gasteiger partial charge is 0.207 e. The van der Waals surface area contributed by atoms with E-state index in [0.717, 1.165) is 36.2 Å². The fraction of sp³-hybridized carbons (Fsp3) is 0.647. The summed E-state index contributed by atoms with van der Waals surface area (Å²) >= 11 is 5.56. The van der Waals surface area contributed by atoms with Gasteiger partial charge in [-0.3, -0.25) is 0 Å². The minimum absolute atomic E-state index is 0.208. The molecule has 0 saturated heterocycles. The molecule has 2 fully saturated rings. The Balaban J connectivity index is 1.16. The molecule has 0 radical (unpaired) electrons. The first kappa shape index (κ1) is 29.5. The molecular weight excluding hydrogens is 501 g/mol. The summed E-state index contributed by atoms with van der Waals surface area (Å²) in [5, 5.41) is -0.491. The molecule has 0 nitrogen and oxygen atoms in total. The fourth-order valence-electron chi connectivity index (χ4n) is 6.98. The van der Waals surface area contributed by atoms with Crippen LogP contribution < -0.4 is 0 Å². The molecule has 210 valence electrons. The summed E-state index contributed by atoms with van der Waals surface area (Å²) in [5.41, 5.74) is 2.18. The Hall–Kier alpha value is -1.48. The van der Waals surface area contributed by atoms with Gasteiger partial charge in [0, 0.05) is 0 Å². The molecule has 0 atom stereocenters. The van der Waals surface area contributed by atoms with E-state index in [0.29, 0.717) is 29.9 Å². The van der Waals surface area contributed by atoms with Crippen LogP contribution in [-0.4, -0.2) is 0 Å². The van der Waals surface area contributed by atoms with Crippen LogP contribution in [0.5, 0.6) is 0 Å². The number of halogens is 4. The molecule has 2 aliphatic rings. The van der Waals surface area contributed by atoms with Gasteiger partial charge in [-0.1, -0.05) is 101 Å². The summed E-state index contributed by atoms with van der Waals surface area (Å²) in [4.78, 5) is 0. The zero-order valence-electron chi connectivity index (χ0n) is 23.2. The lowest BCUT2D eigenvalue weighted by Crippen LogP contribution is -2.18. The van der Waals surface area contributed by atoms with E-state index in [-0.39, 0.29) is 5.82 Å². The first-order valence-electron chi connectivity index (χ1n) is 15.3. The zero-order valence-corrected chi connectivity index (χ0v) is 24.0. The monoisotopic (exact) mass is 546 g/mol. The van der Waals surface area contributed by atoms with Crippen LogP contribution in [0.15, 0.2) is 30.3 Å². The summed E-state index contributed by atoms with van der Waals surface area (Å²) < 4.78 is 42.3. The van der Waals surface area contributed by atoms with E-state index in [4.69, 9.17) is 11.6 Å². The quantitative estimate of drug-likeness (QED) is 0.183. The van der Waals surface area contributed by atoms with E-state index in [1.807, 2.05) is 6.07 Å². The van der Waals surface area contributed by atoms with Crippen LogP contribution in [-0.2, 0) is 12.8 Å². The Morgan fingerprint density at radius 3 is 1.82 bits per heavy atom. The normalized spacial score (nSPS) is 24.0. The van der Waals surface area contributed by atoms with Crippen LogP contribution in [0.3, 0.4) is 0 Å². The highest BCUT2D eigenvalue weighted by Gasteiger charge is 2.26. The first-order chi connectivity index (χ1) is 18.4. The molecule has 0 unspecified atom stereocenters. The van der Waals surface area contributed by atoms with Crippen molar-refractivity contribution >= 4 is 11.6 Å². The molecule has 0 aromatic heterocycles. The van der Waals surface area contributed by atoms with E-state index in [9.17, 15) is 13.2 Å². The first-order valence-corrected chi connectivity index (χ1v) is 15.7. The maximum atomic E-state index is 14.9. The van der Waals surface area contributed by atoms with E-state index >= 15 is 0 Å². The van der Waals surface area contributed by atoms with Crippen LogP contribution in [0, 0.1) is 35.2 Å². The van der Waals surface area contributed by atoms with Gasteiger partial charge in [-0.25, -0.2) is 13.2 Å². The molecule has 2 saturated carbocycles. The lowest BCUT2D eigenvalue weighted by atomic mass is 9.74. The molecule has 2 aromatic carbocycles. The molecule has 0 N–H and O–H groups in total. The Kier molecular flexibility index (Phi) is 11.5. The van der Waals surface area contributed by atoms with Gasteiger partial charge in [-0.05, 0) is 97.1 Å². The van der Waals surface area contributed by atoms with Crippen molar-refractivity contribution in [3.05, 3.63) is 69.5 Å². The Morgan fingerprint density at radius 1 is 0.658 bits per heavy atom. The molecular formula is C34H46ClF3. The van der Waals surface area contributed by atoms with Gasteiger partial charge in [0.1, 0.15) is 22.5 Å². The second kappa shape index (κ2) is 14.8. The average molecular weight is 547 g/mol. The van der Waals surface area contributed by atoms with Crippen LogP contribution in [0.2, 0.25) is 5.02 Å². The number of hydrogen-bond donors (Lipinski definition) is 0. The molecule has 4 rings (SSSR count). The SMILES string of the molecule is CCCCCC[C@H]1CC[C@H](CC[C@H]2CC[C@H](c3ccc(CCc4cc(F)c(Cl)c(F)c4)c(F)c3)CC2)CC1. The van der Waals surface area contributed by atoms with Gasteiger partial charge < -0.3 is 0 Å². The number of benzene rings is 2. The molecule has 0 amide bonds. The third-order valence-electron chi connectivity index (χ3n) is 9.54. The maximum Gasteiger partial charge on any atom is 0.145 e. The Morgan fingerprint density at radius 2 is 1.24 bits per heavy atom. The third kappa shape index (κ3) is 8.51. The number of rotatable bonds is 12. The van der Waals surface area contributed by atoms with Crippen LogP contribution in [0.1, 0.15) is 126 Å². The average Bonchev–Trinajstić information content (AvgIpc) is 2.93. The van der Waals surface area contributed by atoms with E-state index in [1.165, 1.54) is 95.6 Å². The van der Waals surface area contributed by atoms with Crippen molar-refractivity contribution in [3.63, 3.8) is 0 Å². The molecule has 4 heteroatoms. The fourth-order valence-corrected chi connectivity index (χ4v) is 7.09. The van der Waals surface area contributed by atoms with Crippen LogP contribution >= 0.6 is 11.6 Å². The van der Waals surface area contributed by atoms with Gasteiger partial charge in [-0.15, -0.1) is 0 Å². The third-order valence-corrected chi connectivity index (χ3v) is 9.90. The molecule has 0 bridgehead atoms. The molecule has 0 heterocycles. The summed E-state index contributed by atoms with van der Waals surface area (Å²) in [6.07, 6.45) is 21.2. The van der Waals surface area contributed by atoms with E-state index in [1.54, 1.807) is 6.07 Å². The van der Waals surface area contributed by atoms with Crippen molar-refractivity contribution in [3.8, 4) is 0 Å². The van der Waals surface area contributed by atoms with Crippen LogP contribution in [0.4, 0.5) is 13.2 Å². The highest BCUT2D eigenvalue weighted by molar-refractivity contribution is 6.30. The maximum absolute atomic E-state index is 14.9. The molecule has 0 spiro atoms. The highest BCUT2D eigenvalue weighted by Crippen LogP contribution is 2.40. The van der Waals surface area contributed by atoms with Crippen LogP contribution in [0.25, 0.3) is 0 Å². The van der Waals surface area contributed by atoms with Crippen molar-refractivity contribution in [1.29, 1.82) is 0 Å². The molecule has 2 aromatic rings. The highest BCUT2D eigenvalue weighted by atomic mass is 35.5. The predicted octanol–water partition coefficient (Wildman–Crippen LogP) is 11.4. The van der Waals surface area contributed by atoms with Gasteiger partial charge in [0.25, 0.3) is 0 Å². The van der Waals surface area contributed by atoms with E-state index < -0.39 is 16.7 Å². The van der Waals surface area contributed by atoms with E-state index in [2.05, 4.69) is 13.0 Å². The standard InChI is InChI=1S/C34H46ClF3/c1-2-3-4-5-6-24-7-9-25(10-8-24)11-12-26-13-16-28(17-14-26)30-20-19-29(31(36)23-30)18-15-27-21-32(37)34(35)33(38)22-27/h19-26,28H,2-18H2,1H3/t24-,25-,26-,28-. The van der Waals surface area contributed by atoms with Crippen molar-refractivity contribution in [1.82, 2.24) is 0 Å². The second-order valence-corrected chi connectivity index (χ2v) is 12.6. The minimum Gasteiger partial charge on any atom is -0.207 e. The van der Waals surface area contributed by atoms with Gasteiger partial charge in [0.05, 0.1) is 0 Å².